The van der Waals surface area contributed by atoms with E-state index in [9.17, 15) is 9.59 Å². The third-order valence-corrected chi connectivity index (χ3v) is 6.05. The van der Waals surface area contributed by atoms with Crippen LogP contribution in [0.4, 0.5) is 17.1 Å². The largest absolute Gasteiger partial charge is 0.478 e. The highest BCUT2D eigenvalue weighted by Crippen LogP contribution is 2.21. The molecule has 0 aliphatic carbocycles. The van der Waals surface area contributed by atoms with Gasteiger partial charge in [0, 0.05) is 12.1 Å². The minimum atomic E-state index is -0.972. The highest BCUT2D eigenvalue weighted by molar-refractivity contribution is 5.90. The van der Waals surface area contributed by atoms with Crippen LogP contribution in [0.1, 0.15) is 107 Å². The average Bonchev–Trinajstić information content (AvgIpc) is 2.86. The van der Waals surface area contributed by atoms with Crippen molar-refractivity contribution >= 4 is 28.9 Å². The van der Waals surface area contributed by atoms with E-state index in [0.29, 0.717) is 17.8 Å². The van der Waals surface area contributed by atoms with E-state index in [1.165, 1.54) is 82.8 Å². The molecule has 6 nitrogen and oxygen atoms in total. The first-order chi connectivity index (χ1) is 17.1. The molecule has 1 amide bonds. The molecule has 0 spiro atoms. The zero-order valence-corrected chi connectivity index (χ0v) is 21.2. The maximum atomic E-state index is 12.2. The molecule has 0 bridgehead atoms. The van der Waals surface area contributed by atoms with Gasteiger partial charge in [-0.05, 0) is 55.0 Å². The van der Waals surface area contributed by atoms with Crippen LogP contribution >= 0.6 is 0 Å². The summed E-state index contributed by atoms with van der Waals surface area (Å²) in [6, 6.07) is 13.4. The maximum absolute atomic E-state index is 12.2. The molecule has 0 saturated carbocycles. The molecule has 2 N–H and O–H groups in total. The topological polar surface area (TPSA) is 91.1 Å². The molecule has 190 valence electrons. The molecule has 2 rings (SSSR count). The third-order valence-electron chi connectivity index (χ3n) is 6.05. The highest BCUT2D eigenvalue weighted by atomic mass is 16.4. The van der Waals surface area contributed by atoms with E-state index in [0.717, 1.165) is 18.5 Å². The fraction of sp³-hybridized carbons (Fsp3) is 0.517. The minimum absolute atomic E-state index is 0.0426. The van der Waals surface area contributed by atoms with Crippen LogP contribution in [0.5, 0.6) is 0 Å². The number of benzene rings is 2. The summed E-state index contributed by atoms with van der Waals surface area (Å²) in [7, 11) is 0. The fourth-order valence-electron chi connectivity index (χ4n) is 3.92. The first-order valence-corrected chi connectivity index (χ1v) is 13.2. The first-order valence-electron chi connectivity index (χ1n) is 13.2. The van der Waals surface area contributed by atoms with Gasteiger partial charge in [-0.15, -0.1) is 0 Å². The second-order valence-corrected chi connectivity index (χ2v) is 9.14. The Morgan fingerprint density at radius 2 is 1.09 bits per heavy atom. The molecule has 0 heterocycles. The molecular weight excluding hydrogens is 438 g/mol. The summed E-state index contributed by atoms with van der Waals surface area (Å²) < 4.78 is 0. The smallest absolute Gasteiger partial charge is 0.335 e. The second kappa shape index (κ2) is 17.4. The zero-order valence-electron chi connectivity index (χ0n) is 21.2. The highest BCUT2D eigenvalue weighted by Gasteiger charge is 2.03. The Morgan fingerprint density at radius 3 is 1.54 bits per heavy atom. The number of unbranched alkanes of at least 4 members (excludes halogenated alkanes) is 12. The molecule has 0 aromatic heterocycles. The summed E-state index contributed by atoms with van der Waals surface area (Å²) in [4.78, 5) is 23.1. The van der Waals surface area contributed by atoms with E-state index in [-0.39, 0.29) is 11.5 Å². The molecule has 0 radical (unpaired) electrons. The lowest BCUT2D eigenvalue weighted by Gasteiger charge is -2.06. The van der Waals surface area contributed by atoms with Crippen molar-refractivity contribution in [2.45, 2.75) is 96.8 Å². The normalized spacial score (nSPS) is 11.1. The maximum Gasteiger partial charge on any atom is 0.335 e. The van der Waals surface area contributed by atoms with Gasteiger partial charge in [-0.1, -0.05) is 84.0 Å². The van der Waals surface area contributed by atoms with Crippen molar-refractivity contribution in [3.63, 3.8) is 0 Å². The number of aromatic carboxylic acids is 1. The van der Waals surface area contributed by atoms with Crippen molar-refractivity contribution in [3.05, 3.63) is 54.1 Å². The minimum Gasteiger partial charge on any atom is -0.478 e. The average molecular weight is 480 g/mol. The molecule has 0 unspecified atom stereocenters. The van der Waals surface area contributed by atoms with Crippen LogP contribution in [0, 0.1) is 0 Å². The lowest BCUT2D eigenvalue weighted by Crippen LogP contribution is -2.10. The van der Waals surface area contributed by atoms with Crippen LogP contribution < -0.4 is 5.32 Å². The summed E-state index contributed by atoms with van der Waals surface area (Å²) in [5, 5.41) is 20.1. The van der Waals surface area contributed by atoms with Crippen LogP contribution in [0.2, 0.25) is 0 Å². The monoisotopic (exact) mass is 479 g/mol. The summed E-state index contributed by atoms with van der Waals surface area (Å²) in [5.41, 5.74) is 2.18. The molecule has 0 saturated heterocycles. The SMILES string of the molecule is CCCCCCCCCCCCCCCC(=O)Nc1ccc(N=Nc2ccc(C(=O)O)cc2)cc1. The van der Waals surface area contributed by atoms with Gasteiger partial charge in [0.15, 0.2) is 0 Å². The Morgan fingerprint density at radius 1 is 0.657 bits per heavy atom. The Kier molecular flexibility index (Phi) is 14.0. The van der Waals surface area contributed by atoms with Crippen LogP contribution in [-0.4, -0.2) is 17.0 Å². The van der Waals surface area contributed by atoms with Crippen LogP contribution in [0.3, 0.4) is 0 Å². The van der Waals surface area contributed by atoms with Crippen molar-refractivity contribution < 1.29 is 14.7 Å². The number of carbonyl (C=O) groups excluding carboxylic acids is 1. The fourth-order valence-corrected chi connectivity index (χ4v) is 3.92. The van der Waals surface area contributed by atoms with Crippen molar-refractivity contribution in [3.8, 4) is 0 Å². The van der Waals surface area contributed by atoms with Gasteiger partial charge in [-0.3, -0.25) is 4.79 Å². The molecule has 0 fully saturated rings. The van der Waals surface area contributed by atoms with Gasteiger partial charge in [0.05, 0.1) is 16.9 Å². The van der Waals surface area contributed by atoms with Gasteiger partial charge in [0.2, 0.25) is 5.91 Å². The number of nitrogens with zero attached hydrogens (tertiary/aromatic N) is 2. The van der Waals surface area contributed by atoms with Gasteiger partial charge >= 0.3 is 5.97 Å². The quantitative estimate of drug-likeness (QED) is 0.165. The lowest BCUT2D eigenvalue weighted by molar-refractivity contribution is -0.116. The molecule has 2 aromatic carbocycles. The number of carboxylic acids is 1. The predicted octanol–water partition coefficient (Wildman–Crippen LogP) is 9.22. The van der Waals surface area contributed by atoms with E-state index in [2.05, 4.69) is 22.5 Å². The summed E-state index contributed by atoms with van der Waals surface area (Å²) in [6.07, 6.45) is 17.4. The Balaban J connectivity index is 1.53. The molecule has 0 atom stereocenters. The first kappa shape index (κ1) is 28.2. The van der Waals surface area contributed by atoms with Crippen LogP contribution in [0.25, 0.3) is 0 Å². The molecular formula is C29H41N3O3. The van der Waals surface area contributed by atoms with Crippen molar-refractivity contribution in [2.24, 2.45) is 10.2 Å². The van der Waals surface area contributed by atoms with E-state index in [1.54, 1.807) is 24.3 Å². The standard InChI is InChI=1S/C29H41N3O3/c1-2-3-4-5-6-7-8-9-10-11-12-13-14-15-28(33)30-25-20-22-27(23-21-25)32-31-26-18-16-24(17-19-26)29(34)35/h16-23H,2-15H2,1H3,(H,30,33)(H,34,35). The number of carbonyl (C=O) groups is 2. The number of hydrogen-bond donors (Lipinski definition) is 2. The van der Waals surface area contributed by atoms with E-state index >= 15 is 0 Å². The zero-order chi connectivity index (χ0) is 25.1. The van der Waals surface area contributed by atoms with Crippen LogP contribution in [-0.2, 0) is 4.79 Å². The van der Waals surface area contributed by atoms with Gasteiger partial charge in [-0.2, -0.15) is 10.2 Å². The summed E-state index contributed by atoms with van der Waals surface area (Å²) in [6.45, 7) is 2.26. The van der Waals surface area contributed by atoms with Gasteiger partial charge in [0.1, 0.15) is 0 Å². The van der Waals surface area contributed by atoms with Gasteiger partial charge < -0.3 is 10.4 Å². The summed E-state index contributed by atoms with van der Waals surface area (Å²) >= 11 is 0. The molecule has 2 aromatic rings. The van der Waals surface area contributed by atoms with Crippen molar-refractivity contribution in [1.29, 1.82) is 0 Å². The molecule has 6 heteroatoms. The third kappa shape index (κ3) is 12.9. The second-order valence-electron chi connectivity index (χ2n) is 9.14. The number of rotatable bonds is 18. The number of anilines is 1. The van der Waals surface area contributed by atoms with Gasteiger partial charge in [0.25, 0.3) is 0 Å². The van der Waals surface area contributed by atoms with E-state index < -0.39 is 5.97 Å². The number of carboxylic acid groups (broad SMARTS) is 1. The predicted molar refractivity (Wildman–Crippen MR) is 143 cm³/mol. The lowest BCUT2D eigenvalue weighted by atomic mass is 10.0. The Bertz CT molecular complexity index is 892. The molecule has 0 aliphatic heterocycles. The Labute approximate surface area is 210 Å². The number of hydrogen-bond acceptors (Lipinski definition) is 4. The van der Waals surface area contributed by atoms with E-state index in [4.69, 9.17) is 5.11 Å². The molecule has 35 heavy (non-hydrogen) atoms. The number of nitrogens with one attached hydrogen (secondary N) is 1. The Hall–Kier alpha value is -3.02. The van der Waals surface area contributed by atoms with Gasteiger partial charge in [-0.25, -0.2) is 4.79 Å². The van der Waals surface area contributed by atoms with E-state index in [1.807, 2.05) is 12.1 Å². The van der Waals surface area contributed by atoms with Crippen molar-refractivity contribution in [1.82, 2.24) is 0 Å². The number of azo groups is 1. The van der Waals surface area contributed by atoms with Crippen LogP contribution in [0.15, 0.2) is 58.8 Å². The number of amides is 1. The molecule has 0 aliphatic rings. The van der Waals surface area contributed by atoms with Crippen molar-refractivity contribution in [2.75, 3.05) is 5.32 Å². The summed E-state index contributed by atoms with van der Waals surface area (Å²) in [5.74, 6) is -0.929.